The van der Waals surface area contributed by atoms with Crippen molar-refractivity contribution in [1.82, 2.24) is 14.8 Å². The molecule has 2 rings (SSSR count). The molecule has 0 amide bonds. The van der Waals surface area contributed by atoms with Crippen LogP contribution in [0.1, 0.15) is 18.1 Å². The van der Waals surface area contributed by atoms with E-state index in [1.807, 2.05) is 10.6 Å². The molecule has 0 spiro atoms. The highest BCUT2D eigenvalue weighted by molar-refractivity contribution is 5.13. The predicted molar refractivity (Wildman–Crippen MR) is 33.1 cm³/mol. The maximum Gasteiger partial charge on any atom is 0.235 e. The van der Waals surface area contributed by atoms with E-state index in [9.17, 15) is 0 Å². The van der Waals surface area contributed by atoms with Gasteiger partial charge in [-0.3, -0.25) is 0 Å². The third kappa shape index (κ3) is 0.545. The number of nitriles is 1. The number of aryl methyl sites for hydroxylation is 1. The number of rotatable bonds is 0. The summed E-state index contributed by atoms with van der Waals surface area (Å²) in [6.07, 6.45) is 2.06. The summed E-state index contributed by atoms with van der Waals surface area (Å²) >= 11 is 0. The Morgan fingerprint density at radius 3 is 3.20 bits per heavy atom. The first-order chi connectivity index (χ1) is 4.92. The van der Waals surface area contributed by atoms with Crippen LogP contribution in [-0.2, 0) is 13.0 Å². The second-order valence-electron chi connectivity index (χ2n) is 2.31. The van der Waals surface area contributed by atoms with Crippen molar-refractivity contribution in [2.75, 3.05) is 0 Å². The summed E-state index contributed by atoms with van der Waals surface area (Å²) in [5.74, 6) is 1.41. The van der Waals surface area contributed by atoms with E-state index in [4.69, 9.17) is 5.26 Å². The fraction of sp³-hybridized carbons (Fsp3) is 0.500. The normalized spacial score (nSPS) is 14.7. The molecule has 0 saturated heterocycles. The lowest BCUT2D eigenvalue weighted by Gasteiger charge is -1.90. The standard InChI is InChI=1S/C6H6N4/c7-4-6-9-8-5-2-1-3-10(5)6/h1-3H2. The van der Waals surface area contributed by atoms with Crippen molar-refractivity contribution in [2.24, 2.45) is 0 Å². The van der Waals surface area contributed by atoms with Gasteiger partial charge in [0.15, 0.2) is 0 Å². The molecule has 0 bridgehead atoms. The number of fused-ring (bicyclic) bond motifs is 1. The van der Waals surface area contributed by atoms with Crippen LogP contribution in [0.25, 0.3) is 0 Å². The van der Waals surface area contributed by atoms with Crippen molar-refractivity contribution in [3.63, 3.8) is 0 Å². The Balaban J connectivity index is 2.57. The number of hydrogen-bond donors (Lipinski definition) is 0. The molecule has 4 nitrogen and oxygen atoms in total. The van der Waals surface area contributed by atoms with E-state index in [-0.39, 0.29) is 0 Å². The van der Waals surface area contributed by atoms with Crippen LogP contribution >= 0.6 is 0 Å². The van der Waals surface area contributed by atoms with E-state index in [0.717, 1.165) is 25.2 Å². The zero-order chi connectivity index (χ0) is 6.97. The summed E-state index contributed by atoms with van der Waals surface area (Å²) < 4.78 is 1.88. The van der Waals surface area contributed by atoms with Crippen molar-refractivity contribution in [2.45, 2.75) is 19.4 Å². The molecule has 4 heteroatoms. The van der Waals surface area contributed by atoms with Crippen molar-refractivity contribution < 1.29 is 0 Å². The molecule has 0 atom stereocenters. The highest BCUT2D eigenvalue weighted by atomic mass is 15.3. The Kier molecular flexibility index (Phi) is 0.978. The summed E-state index contributed by atoms with van der Waals surface area (Å²) in [6.45, 7) is 0.908. The van der Waals surface area contributed by atoms with Crippen molar-refractivity contribution >= 4 is 0 Å². The van der Waals surface area contributed by atoms with Crippen LogP contribution in [0.5, 0.6) is 0 Å². The molecule has 0 radical (unpaired) electrons. The number of aromatic nitrogens is 3. The molecule has 1 aromatic rings. The minimum Gasteiger partial charge on any atom is -0.303 e. The summed E-state index contributed by atoms with van der Waals surface area (Å²) in [7, 11) is 0. The van der Waals surface area contributed by atoms with E-state index < -0.39 is 0 Å². The molecular formula is C6H6N4. The molecule has 1 aromatic heterocycles. The molecule has 50 valence electrons. The van der Waals surface area contributed by atoms with Crippen LogP contribution in [0.2, 0.25) is 0 Å². The van der Waals surface area contributed by atoms with Gasteiger partial charge in [0.1, 0.15) is 11.9 Å². The first-order valence-corrected chi connectivity index (χ1v) is 3.24. The quantitative estimate of drug-likeness (QED) is 0.505. The minimum absolute atomic E-state index is 0.451. The molecule has 2 heterocycles. The van der Waals surface area contributed by atoms with E-state index in [1.165, 1.54) is 0 Å². The van der Waals surface area contributed by atoms with E-state index >= 15 is 0 Å². The fourth-order valence-corrected chi connectivity index (χ4v) is 1.23. The molecule has 0 aromatic carbocycles. The molecule has 0 unspecified atom stereocenters. The Morgan fingerprint density at radius 1 is 1.50 bits per heavy atom. The second kappa shape index (κ2) is 1.81. The molecular weight excluding hydrogens is 128 g/mol. The van der Waals surface area contributed by atoms with Crippen LogP contribution in [0, 0.1) is 11.3 Å². The van der Waals surface area contributed by atoms with Gasteiger partial charge < -0.3 is 4.57 Å². The monoisotopic (exact) mass is 134 g/mol. The molecule has 0 N–H and O–H groups in total. The maximum atomic E-state index is 8.52. The molecule has 1 aliphatic heterocycles. The van der Waals surface area contributed by atoms with Crippen LogP contribution < -0.4 is 0 Å². The summed E-state index contributed by atoms with van der Waals surface area (Å²) in [4.78, 5) is 0. The zero-order valence-electron chi connectivity index (χ0n) is 5.41. The Hall–Kier alpha value is -1.37. The Morgan fingerprint density at radius 2 is 2.40 bits per heavy atom. The van der Waals surface area contributed by atoms with E-state index in [0.29, 0.717) is 5.82 Å². The molecule has 1 aliphatic rings. The summed E-state index contributed by atoms with van der Waals surface area (Å²) in [6, 6.07) is 2.00. The van der Waals surface area contributed by atoms with Gasteiger partial charge in [0.2, 0.25) is 5.82 Å². The first-order valence-electron chi connectivity index (χ1n) is 3.24. The van der Waals surface area contributed by atoms with Crippen LogP contribution in [-0.4, -0.2) is 14.8 Å². The van der Waals surface area contributed by atoms with Gasteiger partial charge in [-0.05, 0) is 6.42 Å². The summed E-state index contributed by atoms with van der Waals surface area (Å²) in [5, 5.41) is 16.1. The average molecular weight is 134 g/mol. The highest BCUT2D eigenvalue weighted by Gasteiger charge is 2.15. The van der Waals surface area contributed by atoms with Gasteiger partial charge in [-0.1, -0.05) is 0 Å². The van der Waals surface area contributed by atoms with Crippen molar-refractivity contribution in [3.05, 3.63) is 11.6 Å². The second-order valence-corrected chi connectivity index (χ2v) is 2.31. The molecule has 0 aliphatic carbocycles. The first kappa shape index (κ1) is 5.42. The average Bonchev–Trinajstić information content (AvgIpc) is 2.44. The van der Waals surface area contributed by atoms with E-state index in [2.05, 4.69) is 10.2 Å². The van der Waals surface area contributed by atoms with Gasteiger partial charge in [-0.2, -0.15) is 5.26 Å². The largest absolute Gasteiger partial charge is 0.303 e. The van der Waals surface area contributed by atoms with Gasteiger partial charge in [-0.25, -0.2) is 0 Å². The van der Waals surface area contributed by atoms with Gasteiger partial charge >= 0.3 is 0 Å². The molecule has 10 heavy (non-hydrogen) atoms. The van der Waals surface area contributed by atoms with Crippen LogP contribution in [0.3, 0.4) is 0 Å². The van der Waals surface area contributed by atoms with E-state index in [1.54, 1.807) is 0 Å². The fourth-order valence-electron chi connectivity index (χ4n) is 1.23. The number of hydrogen-bond acceptors (Lipinski definition) is 3. The van der Waals surface area contributed by atoms with Crippen LogP contribution in [0.4, 0.5) is 0 Å². The lowest BCUT2D eigenvalue weighted by Crippen LogP contribution is -1.95. The molecule has 0 saturated carbocycles. The summed E-state index contributed by atoms with van der Waals surface area (Å²) in [5.41, 5.74) is 0. The lowest BCUT2D eigenvalue weighted by atomic mass is 10.4. The topological polar surface area (TPSA) is 54.5 Å². The van der Waals surface area contributed by atoms with Crippen molar-refractivity contribution in [1.29, 1.82) is 5.26 Å². The smallest absolute Gasteiger partial charge is 0.235 e. The van der Waals surface area contributed by atoms with Gasteiger partial charge in [0, 0.05) is 13.0 Å². The van der Waals surface area contributed by atoms with Gasteiger partial charge in [0.05, 0.1) is 0 Å². The van der Waals surface area contributed by atoms with Gasteiger partial charge in [-0.15, -0.1) is 10.2 Å². The Bertz CT molecular complexity index is 293. The predicted octanol–water partition coefficient (Wildman–Crippen LogP) is 0.0960. The van der Waals surface area contributed by atoms with Crippen LogP contribution in [0.15, 0.2) is 0 Å². The molecule has 0 fully saturated rings. The van der Waals surface area contributed by atoms with Gasteiger partial charge in [0.25, 0.3) is 0 Å². The number of nitrogens with zero attached hydrogens (tertiary/aromatic N) is 4. The third-order valence-electron chi connectivity index (χ3n) is 1.71. The van der Waals surface area contributed by atoms with Crippen molar-refractivity contribution in [3.8, 4) is 6.07 Å². The zero-order valence-corrected chi connectivity index (χ0v) is 5.41. The highest BCUT2D eigenvalue weighted by Crippen LogP contribution is 2.12. The Labute approximate surface area is 58.1 Å². The third-order valence-corrected chi connectivity index (χ3v) is 1.71. The SMILES string of the molecule is N#Cc1nnc2n1CCC2. The minimum atomic E-state index is 0.451. The maximum absolute atomic E-state index is 8.52. The lowest BCUT2D eigenvalue weighted by molar-refractivity contribution is 0.730.